The Morgan fingerprint density at radius 2 is 2.17 bits per heavy atom. The van der Waals surface area contributed by atoms with Gasteiger partial charge in [-0.2, -0.15) is 11.3 Å². The molecule has 2 rings (SSSR count). The van der Waals surface area contributed by atoms with Crippen LogP contribution in [0.25, 0.3) is 6.08 Å². The maximum absolute atomic E-state index is 11.6. The van der Waals surface area contributed by atoms with E-state index in [0.29, 0.717) is 18.0 Å². The average Bonchev–Trinajstić information content (AvgIpc) is 3.04. The predicted octanol–water partition coefficient (Wildman–Crippen LogP) is 3.32. The monoisotopic (exact) mass is 349 g/mol. The van der Waals surface area contributed by atoms with Crippen molar-refractivity contribution in [3.05, 3.63) is 63.3 Å². The summed E-state index contributed by atoms with van der Waals surface area (Å²) >= 11 is 7.43. The third-order valence-electron chi connectivity index (χ3n) is 2.93. The van der Waals surface area contributed by atoms with Crippen molar-refractivity contribution in [1.82, 2.24) is 5.32 Å². The number of nitrogens with one attached hydrogen (secondary N) is 1. The molecule has 0 atom stereocenters. The maximum atomic E-state index is 11.6. The van der Waals surface area contributed by atoms with Crippen LogP contribution in [0.1, 0.15) is 11.1 Å². The minimum atomic E-state index is -0.541. The van der Waals surface area contributed by atoms with E-state index in [1.165, 1.54) is 6.08 Å². The molecule has 0 radical (unpaired) electrons. The van der Waals surface area contributed by atoms with Gasteiger partial charge in [0.15, 0.2) is 6.61 Å². The molecule has 0 aliphatic heterocycles. The quantitative estimate of drug-likeness (QED) is 0.616. The Morgan fingerprint density at radius 3 is 2.91 bits per heavy atom. The fraction of sp³-hybridized carbons (Fsp3) is 0.176. The highest BCUT2D eigenvalue weighted by Gasteiger charge is 2.04. The second-order valence-corrected chi connectivity index (χ2v) is 5.94. The molecule has 0 aliphatic carbocycles. The molecule has 2 aromatic rings. The van der Waals surface area contributed by atoms with E-state index in [0.717, 1.165) is 11.1 Å². The van der Waals surface area contributed by atoms with Crippen LogP contribution < -0.4 is 5.32 Å². The van der Waals surface area contributed by atoms with Crippen LogP contribution >= 0.6 is 22.9 Å². The lowest BCUT2D eigenvalue weighted by atomic mass is 10.1. The first-order valence-electron chi connectivity index (χ1n) is 7.01. The molecule has 23 heavy (non-hydrogen) atoms. The number of carbonyl (C=O) groups is 2. The molecule has 0 unspecified atom stereocenters. The van der Waals surface area contributed by atoms with Crippen molar-refractivity contribution in [2.45, 2.75) is 6.42 Å². The van der Waals surface area contributed by atoms with Crippen LogP contribution in [-0.2, 0) is 20.7 Å². The predicted molar refractivity (Wildman–Crippen MR) is 92.5 cm³/mol. The lowest BCUT2D eigenvalue weighted by molar-refractivity contribution is -0.143. The summed E-state index contributed by atoms with van der Waals surface area (Å²) in [7, 11) is 0. The summed E-state index contributed by atoms with van der Waals surface area (Å²) in [6.07, 6.45) is 3.62. The molecule has 1 aromatic carbocycles. The zero-order valence-electron chi connectivity index (χ0n) is 12.3. The van der Waals surface area contributed by atoms with Gasteiger partial charge in [-0.3, -0.25) is 4.79 Å². The van der Waals surface area contributed by atoms with Crippen LogP contribution in [0.3, 0.4) is 0 Å². The first-order valence-corrected chi connectivity index (χ1v) is 8.34. The number of rotatable bonds is 7. The molecule has 4 nitrogen and oxygen atoms in total. The minimum Gasteiger partial charge on any atom is -0.452 e. The van der Waals surface area contributed by atoms with Gasteiger partial charge in [-0.05, 0) is 52.6 Å². The highest BCUT2D eigenvalue weighted by molar-refractivity contribution is 7.08. The summed E-state index contributed by atoms with van der Waals surface area (Å²) in [6, 6.07) is 9.33. The van der Waals surface area contributed by atoms with Crippen LogP contribution in [0.4, 0.5) is 0 Å². The summed E-state index contributed by atoms with van der Waals surface area (Å²) in [5.41, 5.74) is 1.96. The Kier molecular flexibility index (Phi) is 6.84. The molecule has 0 bridgehead atoms. The normalized spacial score (nSPS) is 10.7. The number of hydrogen-bond donors (Lipinski definition) is 1. The van der Waals surface area contributed by atoms with E-state index in [-0.39, 0.29) is 12.5 Å². The number of thiophene rings is 1. The van der Waals surface area contributed by atoms with Gasteiger partial charge in [0.05, 0.1) is 0 Å². The van der Waals surface area contributed by atoms with Crippen molar-refractivity contribution >= 4 is 40.9 Å². The van der Waals surface area contributed by atoms with Crippen LogP contribution in [0, 0.1) is 0 Å². The molecular formula is C17H16ClNO3S. The number of halogens is 1. The second-order valence-electron chi connectivity index (χ2n) is 4.73. The molecule has 0 aliphatic rings. The Morgan fingerprint density at radius 1 is 1.30 bits per heavy atom. The molecule has 120 valence electrons. The Labute approximate surface area is 143 Å². The largest absolute Gasteiger partial charge is 0.452 e. The Balaban J connectivity index is 1.64. The number of carbonyl (C=O) groups excluding carboxylic acids is 2. The van der Waals surface area contributed by atoms with Gasteiger partial charge >= 0.3 is 5.97 Å². The maximum Gasteiger partial charge on any atom is 0.331 e. The van der Waals surface area contributed by atoms with Crippen LogP contribution in [0.5, 0.6) is 0 Å². The van der Waals surface area contributed by atoms with E-state index >= 15 is 0 Å². The minimum absolute atomic E-state index is 0.289. The lowest BCUT2D eigenvalue weighted by Gasteiger charge is -2.06. The Hall–Kier alpha value is -2.11. The van der Waals surface area contributed by atoms with E-state index in [2.05, 4.69) is 5.32 Å². The molecule has 0 fully saturated rings. The molecule has 1 aromatic heterocycles. The van der Waals surface area contributed by atoms with Crippen molar-refractivity contribution in [2.24, 2.45) is 0 Å². The summed E-state index contributed by atoms with van der Waals surface area (Å²) < 4.78 is 4.87. The number of esters is 1. The number of amides is 1. The molecule has 1 N–H and O–H groups in total. The number of ether oxygens (including phenoxy) is 1. The van der Waals surface area contributed by atoms with E-state index < -0.39 is 5.97 Å². The molecule has 0 spiro atoms. The summed E-state index contributed by atoms with van der Waals surface area (Å²) in [4.78, 5) is 23.1. The van der Waals surface area contributed by atoms with Gasteiger partial charge in [0.25, 0.3) is 5.91 Å². The average molecular weight is 350 g/mol. The zero-order valence-corrected chi connectivity index (χ0v) is 13.9. The van der Waals surface area contributed by atoms with Gasteiger partial charge in [0, 0.05) is 17.6 Å². The Bertz CT molecular complexity index is 683. The molecule has 0 saturated carbocycles. The van der Waals surface area contributed by atoms with E-state index in [9.17, 15) is 9.59 Å². The topological polar surface area (TPSA) is 55.4 Å². The third kappa shape index (κ3) is 6.67. The summed E-state index contributed by atoms with van der Waals surface area (Å²) in [5.74, 6) is -0.870. The molecule has 1 amide bonds. The molecular weight excluding hydrogens is 334 g/mol. The summed E-state index contributed by atoms with van der Waals surface area (Å²) in [6.45, 7) is 0.170. The van der Waals surface area contributed by atoms with Crippen LogP contribution in [-0.4, -0.2) is 25.0 Å². The van der Waals surface area contributed by atoms with E-state index in [1.54, 1.807) is 23.5 Å². The van der Waals surface area contributed by atoms with Gasteiger partial charge < -0.3 is 10.1 Å². The molecule has 6 heteroatoms. The lowest BCUT2D eigenvalue weighted by Crippen LogP contribution is -2.30. The van der Waals surface area contributed by atoms with Crippen molar-refractivity contribution in [3.63, 3.8) is 0 Å². The van der Waals surface area contributed by atoms with E-state index in [1.807, 2.05) is 35.0 Å². The fourth-order valence-electron chi connectivity index (χ4n) is 1.81. The second kappa shape index (κ2) is 9.12. The summed E-state index contributed by atoms with van der Waals surface area (Å²) in [5, 5.41) is 7.18. The van der Waals surface area contributed by atoms with E-state index in [4.69, 9.17) is 16.3 Å². The molecule has 1 heterocycles. The highest BCUT2D eigenvalue weighted by atomic mass is 35.5. The first kappa shape index (κ1) is 17.2. The zero-order chi connectivity index (χ0) is 16.5. The molecule has 0 saturated heterocycles. The van der Waals surface area contributed by atoms with Crippen LogP contribution in [0.15, 0.2) is 47.2 Å². The SMILES string of the molecule is O=C(COC(=O)/C=C/c1ccsc1)NCCc1cccc(Cl)c1. The standard InChI is InChI=1S/C17H16ClNO3S/c18-15-3-1-2-13(10-15)6-8-19-16(20)11-22-17(21)5-4-14-7-9-23-12-14/h1-5,7,9-10,12H,6,8,11H2,(H,19,20)/b5-4+. The van der Waals surface area contributed by atoms with Gasteiger partial charge in [-0.1, -0.05) is 23.7 Å². The first-order chi connectivity index (χ1) is 11.1. The number of benzene rings is 1. The fourth-order valence-corrected chi connectivity index (χ4v) is 2.65. The van der Waals surface area contributed by atoms with Crippen LogP contribution in [0.2, 0.25) is 5.02 Å². The third-order valence-corrected chi connectivity index (χ3v) is 3.86. The van der Waals surface area contributed by atoms with Gasteiger partial charge in [-0.15, -0.1) is 0 Å². The van der Waals surface area contributed by atoms with Crippen molar-refractivity contribution in [1.29, 1.82) is 0 Å². The van der Waals surface area contributed by atoms with Gasteiger partial charge in [0.2, 0.25) is 0 Å². The van der Waals surface area contributed by atoms with Gasteiger partial charge in [-0.25, -0.2) is 4.79 Å². The van der Waals surface area contributed by atoms with Crippen molar-refractivity contribution in [2.75, 3.05) is 13.2 Å². The van der Waals surface area contributed by atoms with Gasteiger partial charge in [0.1, 0.15) is 0 Å². The van der Waals surface area contributed by atoms with Crippen molar-refractivity contribution in [3.8, 4) is 0 Å². The van der Waals surface area contributed by atoms with Crippen molar-refractivity contribution < 1.29 is 14.3 Å². The smallest absolute Gasteiger partial charge is 0.331 e. The number of hydrogen-bond acceptors (Lipinski definition) is 4. The highest BCUT2D eigenvalue weighted by Crippen LogP contribution is 2.10.